The van der Waals surface area contributed by atoms with Crippen molar-refractivity contribution < 1.29 is 17.9 Å². The van der Waals surface area contributed by atoms with Gasteiger partial charge < -0.3 is 9.47 Å². The van der Waals surface area contributed by atoms with Crippen LogP contribution in [0.1, 0.15) is 25.0 Å². The van der Waals surface area contributed by atoms with Crippen LogP contribution < -0.4 is 0 Å². The average molecular weight is 286 g/mol. The number of aryl methyl sites for hydroxylation is 2. The Morgan fingerprint density at radius 2 is 1.68 bits per heavy atom. The average Bonchev–Trinajstić information content (AvgIpc) is 2.28. The normalized spacial score (nSPS) is 12.1. The lowest BCUT2D eigenvalue weighted by Gasteiger charge is -2.17. The third-order valence-corrected chi connectivity index (χ3v) is 4.57. The zero-order valence-corrected chi connectivity index (χ0v) is 12.8. The van der Waals surface area contributed by atoms with E-state index in [1.165, 1.54) is 0 Å². The standard InChI is InChI=1S/C14H22O4S/c1-5-17-14(18-6-2)10-19(15,16)13-8-7-11(3)9-12(13)4/h7-9,14H,5-6,10H2,1-4H3. The molecule has 1 rings (SSSR count). The minimum absolute atomic E-state index is 0.154. The first-order chi connectivity index (χ1) is 8.90. The van der Waals surface area contributed by atoms with E-state index in [0.717, 1.165) is 11.1 Å². The molecule has 0 aliphatic carbocycles. The molecule has 4 nitrogen and oxygen atoms in total. The van der Waals surface area contributed by atoms with Gasteiger partial charge >= 0.3 is 0 Å². The van der Waals surface area contributed by atoms with E-state index in [0.29, 0.717) is 18.1 Å². The van der Waals surface area contributed by atoms with Crippen LogP contribution in [0.2, 0.25) is 0 Å². The molecule has 0 N–H and O–H groups in total. The van der Waals surface area contributed by atoms with Crippen molar-refractivity contribution in [1.82, 2.24) is 0 Å². The van der Waals surface area contributed by atoms with Crippen molar-refractivity contribution in [1.29, 1.82) is 0 Å². The Bertz CT molecular complexity index is 502. The highest BCUT2D eigenvalue weighted by Gasteiger charge is 2.23. The van der Waals surface area contributed by atoms with E-state index in [1.54, 1.807) is 19.1 Å². The van der Waals surface area contributed by atoms with Crippen LogP contribution in [0.15, 0.2) is 23.1 Å². The molecule has 0 amide bonds. The number of rotatable bonds is 7. The molecule has 0 atom stereocenters. The molecule has 1 aromatic rings. The predicted octanol–water partition coefficient (Wildman–Crippen LogP) is 2.48. The molecule has 1 aromatic carbocycles. The minimum Gasteiger partial charge on any atom is -0.352 e. The van der Waals surface area contributed by atoms with Crippen LogP contribution in [0.5, 0.6) is 0 Å². The van der Waals surface area contributed by atoms with Crippen molar-refractivity contribution in [2.24, 2.45) is 0 Å². The Hall–Kier alpha value is -0.910. The second-order valence-electron chi connectivity index (χ2n) is 4.39. The maximum absolute atomic E-state index is 12.4. The van der Waals surface area contributed by atoms with Crippen LogP contribution in [-0.2, 0) is 19.3 Å². The number of hydrogen-bond donors (Lipinski definition) is 0. The van der Waals surface area contributed by atoms with Crippen LogP contribution >= 0.6 is 0 Å². The Kier molecular flexibility index (Phi) is 5.97. The van der Waals surface area contributed by atoms with Crippen molar-refractivity contribution in [3.63, 3.8) is 0 Å². The highest BCUT2D eigenvalue weighted by Crippen LogP contribution is 2.19. The molecule has 0 radical (unpaired) electrons. The molecule has 0 saturated carbocycles. The maximum Gasteiger partial charge on any atom is 0.183 e. The number of benzene rings is 1. The first-order valence-electron chi connectivity index (χ1n) is 6.44. The van der Waals surface area contributed by atoms with Gasteiger partial charge in [0.25, 0.3) is 0 Å². The van der Waals surface area contributed by atoms with Gasteiger partial charge in [0, 0.05) is 13.2 Å². The van der Waals surface area contributed by atoms with Gasteiger partial charge in [0.15, 0.2) is 16.1 Å². The molecule has 0 aromatic heterocycles. The third kappa shape index (κ3) is 4.60. The molecule has 0 spiro atoms. The van der Waals surface area contributed by atoms with E-state index in [1.807, 2.05) is 26.8 Å². The number of sulfone groups is 1. The SMILES string of the molecule is CCOC(CS(=O)(=O)c1ccc(C)cc1C)OCC. The van der Waals surface area contributed by atoms with Gasteiger partial charge in [0.05, 0.1) is 4.90 Å². The van der Waals surface area contributed by atoms with Crippen LogP contribution in [0.3, 0.4) is 0 Å². The highest BCUT2D eigenvalue weighted by atomic mass is 32.2. The van der Waals surface area contributed by atoms with Gasteiger partial charge in [-0.05, 0) is 39.3 Å². The lowest BCUT2D eigenvalue weighted by atomic mass is 10.2. The Morgan fingerprint density at radius 1 is 1.11 bits per heavy atom. The number of hydrogen-bond acceptors (Lipinski definition) is 4. The molecule has 0 aliphatic heterocycles. The van der Waals surface area contributed by atoms with Crippen LogP contribution in [0.4, 0.5) is 0 Å². The zero-order valence-electron chi connectivity index (χ0n) is 12.0. The van der Waals surface area contributed by atoms with E-state index >= 15 is 0 Å². The van der Waals surface area contributed by atoms with Gasteiger partial charge in [-0.3, -0.25) is 0 Å². The Morgan fingerprint density at radius 3 is 2.16 bits per heavy atom. The number of ether oxygens (including phenoxy) is 2. The summed E-state index contributed by atoms with van der Waals surface area (Å²) in [6.45, 7) is 8.22. The van der Waals surface area contributed by atoms with E-state index in [-0.39, 0.29) is 5.75 Å². The fourth-order valence-electron chi connectivity index (χ4n) is 1.93. The van der Waals surface area contributed by atoms with E-state index in [4.69, 9.17) is 9.47 Å². The smallest absolute Gasteiger partial charge is 0.183 e. The predicted molar refractivity (Wildman–Crippen MR) is 75.0 cm³/mol. The summed E-state index contributed by atoms with van der Waals surface area (Å²) in [5, 5.41) is 0. The molecule has 0 saturated heterocycles. The van der Waals surface area contributed by atoms with Gasteiger partial charge in [-0.1, -0.05) is 17.7 Å². The topological polar surface area (TPSA) is 52.6 Å². The molecule has 0 bridgehead atoms. The van der Waals surface area contributed by atoms with Gasteiger partial charge in [0.2, 0.25) is 0 Å². The van der Waals surface area contributed by atoms with Gasteiger partial charge in [0.1, 0.15) is 5.75 Å². The second kappa shape index (κ2) is 7.03. The van der Waals surface area contributed by atoms with Crippen LogP contribution in [0, 0.1) is 13.8 Å². The summed E-state index contributed by atoms with van der Waals surface area (Å²) in [7, 11) is -3.40. The summed E-state index contributed by atoms with van der Waals surface area (Å²) in [6, 6.07) is 5.31. The third-order valence-electron chi connectivity index (χ3n) is 2.73. The molecular formula is C14H22O4S. The van der Waals surface area contributed by atoms with Crippen molar-refractivity contribution in [2.45, 2.75) is 38.9 Å². The van der Waals surface area contributed by atoms with Crippen molar-refractivity contribution >= 4 is 9.84 Å². The van der Waals surface area contributed by atoms with E-state index < -0.39 is 16.1 Å². The lowest BCUT2D eigenvalue weighted by Crippen LogP contribution is -2.27. The first kappa shape index (κ1) is 16.1. The molecule has 108 valence electrons. The summed E-state index contributed by atoms with van der Waals surface area (Å²) in [6.07, 6.45) is -0.708. The molecule has 0 heterocycles. The summed E-state index contributed by atoms with van der Waals surface area (Å²) in [4.78, 5) is 0.350. The zero-order chi connectivity index (χ0) is 14.5. The quantitative estimate of drug-likeness (QED) is 0.723. The maximum atomic E-state index is 12.4. The molecule has 0 fully saturated rings. The van der Waals surface area contributed by atoms with Crippen molar-refractivity contribution in [3.8, 4) is 0 Å². The molecular weight excluding hydrogens is 264 g/mol. The summed E-state index contributed by atoms with van der Waals surface area (Å²) in [5.74, 6) is -0.154. The van der Waals surface area contributed by atoms with Crippen LogP contribution in [-0.4, -0.2) is 33.7 Å². The summed E-state index contributed by atoms with van der Waals surface area (Å²) >= 11 is 0. The Balaban J connectivity index is 2.96. The molecule has 19 heavy (non-hydrogen) atoms. The van der Waals surface area contributed by atoms with Gasteiger partial charge in [-0.25, -0.2) is 8.42 Å². The second-order valence-corrected chi connectivity index (χ2v) is 6.39. The van der Waals surface area contributed by atoms with E-state index in [2.05, 4.69) is 0 Å². The molecule has 5 heteroatoms. The Labute approximate surface area is 115 Å². The van der Waals surface area contributed by atoms with Gasteiger partial charge in [-0.2, -0.15) is 0 Å². The van der Waals surface area contributed by atoms with Crippen molar-refractivity contribution in [2.75, 3.05) is 19.0 Å². The fraction of sp³-hybridized carbons (Fsp3) is 0.571. The summed E-state index contributed by atoms with van der Waals surface area (Å²) in [5.41, 5.74) is 1.80. The molecule has 0 aliphatic rings. The minimum atomic E-state index is -3.40. The first-order valence-corrected chi connectivity index (χ1v) is 8.09. The highest BCUT2D eigenvalue weighted by molar-refractivity contribution is 7.91. The van der Waals surface area contributed by atoms with Gasteiger partial charge in [-0.15, -0.1) is 0 Å². The largest absolute Gasteiger partial charge is 0.352 e. The summed E-state index contributed by atoms with van der Waals surface area (Å²) < 4.78 is 35.3. The molecule has 0 unspecified atom stereocenters. The monoisotopic (exact) mass is 286 g/mol. The van der Waals surface area contributed by atoms with E-state index in [9.17, 15) is 8.42 Å². The van der Waals surface area contributed by atoms with Crippen molar-refractivity contribution in [3.05, 3.63) is 29.3 Å². The van der Waals surface area contributed by atoms with Crippen LogP contribution in [0.25, 0.3) is 0 Å². The fourth-order valence-corrected chi connectivity index (χ4v) is 3.49. The lowest BCUT2D eigenvalue weighted by molar-refractivity contribution is -0.120.